The molecule has 0 saturated heterocycles. The Bertz CT molecular complexity index is 731. The van der Waals surface area contributed by atoms with Crippen molar-refractivity contribution in [1.29, 1.82) is 0 Å². The van der Waals surface area contributed by atoms with Crippen LogP contribution in [0.25, 0.3) is 0 Å². The molecule has 6 nitrogen and oxygen atoms in total. The third kappa shape index (κ3) is 8.52. The zero-order valence-corrected chi connectivity index (χ0v) is 19.7. The summed E-state index contributed by atoms with van der Waals surface area (Å²) < 4.78 is 13.1. The molecule has 0 bridgehead atoms. The second-order valence-corrected chi connectivity index (χ2v) is 6.54. The van der Waals surface area contributed by atoms with Crippen LogP contribution < -0.4 is 15.4 Å². The molecular formula is C21H33IN4O2. The van der Waals surface area contributed by atoms with Crippen LogP contribution in [0.15, 0.2) is 41.7 Å². The first-order valence-electron chi connectivity index (χ1n) is 9.46. The van der Waals surface area contributed by atoms with E-state index in [-0.39, 0.29) is 24.0 Å². The highest BCUT2D eigenvalue weighted by Gasteiger charge is 2.06. The molecule has 0 unspecified atom stereocenters. The van der Waals surface area contributed by atoms with Gasteiger partial charge in [0.25, 0.3) is 0 Å². The molecule has 0 aliphatic heterocycles. The molecule has 0 aliphatic carbocycles. The number of aromatic nitrogens is 1. The largest absolute Gasteiger partial charge is 0.493 e. The van der Waals surface area contributed by atoms with Crippen molar-refractivity contribution in [3.8, 4) is 5.75 Å². The van der Waals surface area contributed by atoms with Gasteiger partial charge in [-0.15, -0.1) is 24.0 Å². The van der Waals surface area contributed by atoms with Gasteiger partial charge in [-0.2, -0.15) is 0 Å². The van der Waals surface area contributed by atoms with Gasteiger partial charge in [0.1, 0.15) is 5.75 Å². The highest BCUT2D eigenvalue weighted by atomic mass is 127. The highest BCUT2D eigenvalue weighted by Crippen LogP contribution is 2.20. The van der Waals surface area contributed by atoms with E-state index < -0.39 is 0 Å². The molecule has 2 aromatic rings. The zero-order valence-electron chi connectivity index (χ0n) is 17.3. The van der Waals surface area contributed by atoms with Gasteiger partial charge in [0.2, 0.25) is 0 Å². The van der Waals surface area contributed by atoms with E-state index in [9.17, 15) is 0 Å². The average molecular weight is 500 g/mol. The monoisotopic (exact) mass is 500 g/mol. The number of nitrogens with one attached hydrogen (secondary N) is 2. The lowest BCUT2D eigenvalue weighted by atomic mass is 10.1. The van der Waals surface area contributed by atoms with Crippen LogP contribution in [0.1, 0.15) is 30.0 Å². The Balaban J connectivity index is 0.00000392. The quantitative estimate of drug-likeness (QED) is 0.227. The standard InChI is InChI=1S/C21H32N4O2.HI/c1-5-22-21(23-14-18-9-10-25(3)16-18)24-15-19-8-7-17(2)13-20(19)27-12-6-11-26-4;/h7-10,13,16H,5-6,11-12,14-15H2,1-4H3,(H2,22,23,24);1H. The first kappa shape index (κ1) is 24.3. The Kier molecular flexibility index (Phi) is 11.7. The number of halogens is 1. The number of ether oxygens (including phenoxy) is 2. The van der Waals surface area contributed by atoms with Crippen molar-refractivity contribution >= 4 is 29.9 Å². The SMILES string of the molecule is CCNC(=NCc1ccn(C)c1)NCc1ccc(C)cc1OCCCOC.I. The van der Waals surface area contributed by atoms with Crippen LogP contribution in [0.3, 0.4) is 0 Å². The van der Waals surface area contributed by atoms with Crippen molar-refractivity contribution in [2.75, 3.05) is 26.9 Å². The average Bonchev–Trinajstić information content (AvgIpc) is 3.07. The van der Waals surface area contributed by atoms with E-state index in [0.717, 1.165) is 30.2 Å². The molecule has 2 rings (SSSR count). The third-order valence-electron chi connectivity index (χ3n) is 4.08. The summed E-state index contributed by atoms with van der Waals surface area (Å²) in [5.41, 5.74) is 3.49. The minimum Gasteiger partial charge on any atom is -0.493 e. The third-order valence-corrected chi connectivity index (χ3v) is 4.08. The van der Waals surface area contributed by atoms with Crippen LogP contribution in [0, 0.1) is 6.92 Å². The van der Waals surface area contributed by atoms with Gasteiger partial charge >= 0.3 is 0 Å². The maximum atomic E-state index is 5.96. The summed E-state index contributed by atoms with van der Waals surface area (Å²) in [5.74, 6) is 1.71. The van der Waals surface area contributed by atoms with Crippen molar-refractivity contribution in [3.63, 3.8) is 0 Å². The molecule has 1 heterocycles. The second-order valence-electron chi connectivity index (χ2n) is 6.54. The summed E-state index contributed by atoms with van der Waals surface area (Å²) in [6, 6.07) is 8.37. The van der Waals surface area contributed by atoms with E-state index >= 15 is 0 Å². The molecule has 0 aliphatic rings. The Hall–Kier alpha value is -1.74. The number of rotatable bonds is 10. The van der Waals surface area contributed by atoms with Crippen LogP contribution in [0.2, 0.25) is 0 Å². The molecule has 1 aromatic carbocycles. The molecule has 1 aromatic heterocycles. The molecule has 156 valence electrons. The normalized spacial score (nSPS) is 11.1. The van der Waals surface area contributed by atoms with Crippen LogP contribution in [-0.4, -0.2) is 37.4 Å². The number of hydrogen-bond donors (Lipinski definition) is 2. The first-order valence-corrected chi connectivity index (χ1v) is 9.46. The number of aryl methyl sites for hydroxylation is 2. The lowest BCUT2D eigenvalue weighted by Crippen LogP contribution is -2.36. The van der Waals surface area contributed by atoms with Gasteiger partial charge in [-0.25, -0.2) is 4.99 Å². The van der Waals surface area contributed by atoms with Crippen LogP contribution in [0.4, 0.5) is 0 Å². The molecule has 0 atom stereocenters. The van der Waals surface area contributed by atoms with E-state index in [1.54, 1.807) is 7.11 Å². The fourth-order valence-electron chi connectivity index (χ4n) is 2.67. The van der Waals surface area contributed by atoms with Gasteiger partial charge in [-0.3, -0.25) is 0 Å². The van der Waals surface area contributed by atoms with Gasteiger partial charge in [0.05, 0.1) is 13.2 Å². The van der Waals surface area contributed by atoms with E-state index in [1.165, 1.54) is 11.1 Å². The fourth-order valence-corrected chi connectivity index (χ4v) is 2.67. The van der Waals surface area contributed by atoms with Gasteiger partial charge in [0.15, 0.2) is 5.96 Å². The Morgan fingerprint density at radius 1 is 1.18 bits per heavy atom. The summed E-state index contributed by atoms with van der Waals surface area (Å²) >= 11 is 0. The lowest BCUT2D eigenvalue weighted by Gasteiger charge is -2.15. The smallest absolute Gasteiger partial charge is 0.191 e. The minimum atomic E-state index is 0. The summed E-state index contributed by atoms with van der Waals surface area (Å²) in [7, 11) is 3.72. The van der Waals surface area contributed by atoms with Crippen molar-refractivity contribution in [2.45, 2.75) is 33.4 Å². The fraction of sp³-hybridized carbons (Fsp3) is 0.476. The summed E-state index contributed by atoms with van der Waals surface area (Å²) in [6.45, 7) is 7.60. The maximum Gasteiger partial charge on any atom is 0.191 e. The number of nitrogens with zero attached hydrogens (tertiary/aromatic N) is 2. The molecule has 0 spiro atoms. The number of aliphatic imine (C=N–C) groups is 1. The van der Waals surface area contributed by atoms with E-state index in [1.807, 2.05) is 17.8 Å². The van der Waals surface area contributed by atoms with E-state index in [4.69, 9.17) is 9.47 Å². The molecule has 7 heteroatoms. The van der Waals surface area contributed by atoms with Crippen molar-refractivity contribution in [3.05, 3.63) is 53.3 Å². The Morgan fingerprint density at radius 2 is 2.00 bits per heavy atom. The van der Waals surface area contributed by atoms with Crippen LogP contribution in [0.5, 0.6) is 5.75 Å². The van der Waals surface area contributed by atoms with Crippen molar-refractivity contribution in [2.24, 2.45) is 12.0 Å². The van der Waals surface area contributed by atoms with Crippen LogP contribution >= 0.6 is 24.0 Å². The zero-order chi connectivity index (χ0) is 19.5. The molecular weight excluding hydrogens is 467 g/mol. The van der Waals surface area contributed by atoms with Crippen LogP contribution in [-0.2, 0) is 24.9 Å². The highest BCUT2D eigenvalue weighted by molar-refractivity contribution is 14.0. The molecule has 0 radical (unpaired) electrons. The van der Waals surface area contributed by atoms with Gasteiger partial charge in [-0.1, -0.05) is 12.1 Å². The summed E-state index contributed by atoms with van der Waals surface area (Å²) in [4.78, 5) is 4.67. The Morgan fingerprint density at radius 3 is 2.68 bits per heavy atom. The number of benzene rings is 1. The predicted octanol–water partition coefficient (Wildman–Crippen LogP) is 3.62. The van der Waals surface area contributed by atoms with Gasteiger partial charge < -0.3 is 24.7 Å². The molecule has 28 heavy (non-hydrogen) atoms. The molecule has 2 N–H and O–H groups in total. The predicted molar refractivity (Wildman–Crippen MR) is 126 cm³/mol. The summed E-state index contributed by atoms with van der Waals surface area (Å²) in [5, 5.41) is 6.70. The topological polar surface area (TPSA) is 59.8 Å². The molecule has 0 saturated carbocycles. The number of guanidine groups is 1. The molecule has 0 amide bonds. The van der Waals surface area contributed by atoms with Crippen molar-refractivity contribution < 1.29 is 9.47 Å². The first-order chi connectivity index (χ1) is 13.1. The minimum absolute atomic E-state index is 0. The number of hydrogen-bond acceptors (Lipinski definition) is 3. The lowest BCUT2D eigenvalue weighted by molar-refractivity contribution is 0.172. The maximum absolute atomic E-state index is 5.96. The van der Waals surface area contributed by atoms with Crippen molar-refractivity contribution in [1.82, 2.24) is 15.2 Å². The van der Waals surface area contributed by atoms with E-state index in [0.29, 0.717) is 26.3 Å². The second kappa shape index (κ2) is 13.4. The molecule has 0 fully saturated rings. The van der Waals surface area contributed by atoms with E-state index in [2.05, 4.69) is 59.9 Å². The number of methoxy groups -OCH3 is 1. The summed E-state index contributed by atoms with van der Waals surface area (Å²) in [6.07, 6.45) is 4.99. The Labute approximate surface area is 185 Å². The van der Waals surface area contributed by atoms with Gasteiger partial charge in [-0.05, 0) is 37.1 Å². The van der Waals surface area contributed by atoms with Gasteiger partial charge in [0, 0.05) is 58.2 Å².